The number of benzene rings is 2. The Morgan fingerprint density at radius 2 is 1.89 bits per heavy atom. The minimum absolute atomic E-state index is 0.248. The lowest BCUT2D eigenvalue weighted by Gasteiger charge is -2.10. The molecule has 27 heavy (non-hydrogen) atoms. The van der Waals surface area contributed by atoms with Crippen molar-refractivity contribution in [1.82, 2.24) is 9.78 Å². The number of nitrogens with zero attached hydrogens (tertiary/aromatic N) is 2. The number of carbonyl (C=O) groups is 1. The molecule has 0 unspecified atom stereocenters. The van der Waals surface area contributed by atoms with Crippen LogP contribution in [-0.4, -0.2) is 22.8 Å². The van der Waals surface area contributed by atoms with Crippen molar-refractivity contribution in [3.05, 3.63) is 75.0 Å². The molecule has 1 N–H and O–H groups in total. The predicted molar refractivity (Wildman–Crippen MR) is 106 cm³/mol. The van der Waals surface area contributed by atoms with E-state index in [9.17, 15) is 9.59 Å². The van der Waals surface area contributed by atoms with Gasteiger partial charge in [0, 0.05) is 17.3 Å². The van der Waals surface area contributed by atoms with Crippen molar-refractivity contribution < 1.29 is 9.53 Å². The Kier molecular flexibility index (Phi) is 5.78. The summed E-state index contributed by atoms with van der Waals surface area (Å²) in [5.41, 5.74) is 1.33. The van der Waals surface area contributed by atoms with E-state index in [-0.39, 0.29) is 6.54 Å². The molecule has 2 aromatic carbocycles. The molecule has 0 radical (unpaired) electrons. The Morgan fingerprint density at radius 1 is 1.11 bits per heavy atom. The Bertz CT molecular complexity index is 1050. The number of rotatable bonds is 5. The number of para-hydroxylation sites is 1. The fraction of sp³-hybridized carbons (Fsp3) is 0.105. The van der Waals surface area contributed by atoms with E-state index in [2.05, 4.69) is 10.4 Å². The van der Waals surface area contributed by atoms with E-state index in [0.717, 1.165) is 10.2 Å². The Balaban J connectivity index is 1.83. The van der Waals surface area contributed by atoms with Crippen LogP contribution in [0.15, 0.2) is 59.4 Å². The van der Waals surface area contributed by atoms with Gasteiger partial charge < -0.3 is 10.1 Å². The average Bonchev–Trinajstić information content (AvgIpc) is 2.66. The molecule has 3 aromatic rings. The molecule has 1 aromatic heterocycles. The molecular formula is C19H15Cl2N3O3. The van der Waals surface area contributed by atoms with E-state index in [1.54, 1.807) is 31.4 Å². The van der Waals surface area contributed by atoms with Gasteiger partial charge in [-0.05, 0) is 36.4 Å². The van der Waals surface area contributed by atoms with E-state index in [4.69, 9.17) is 27.9 Å². The summed E-state index contributed by atoms with van der Waals surface area (Å²) in [6.07, 6.45) is 0. The lowest BCUT2D eigenvalue weighted by atomic mass is 10.1. The molecule has 0 aliphatic rings. The first-order chi connectivity index (χ1) is 13.0. The molecule has 0 saturated heterocycles. The van der Waals surface area contributed by atoms with Crippen LogP contribution in [0.2, 0.25) is 10.0 Å². The van der Waals surface area contributed by atoms with Crippen LogP contribution in [0.3, 0.4) is 0 Å². The molecular weight excluding hydrogens is 389 g/mol. The number of anilines is 1. The highest BCUT2D eigenvalue weighted by molar-refractivity contribution is 6.42. The summed E-state index contributed by atoms with van der Waals surface area (Å²) in [6, 6.07) is 15.0. The van der Waals surface area contributed by atoms with Gasteiger partial charge in [-0.15, -0.1) is 0 Å². The van der Waals surface area contributed by atoms with E-state index >= 15 is 0 Å². The van der Waals surface area contributed by atoms with E-state index in [1.165, 1.54) is 12.1 Å². The van der Waals surface area contributed by atoms with Crippen molar-refractivity contribution in [1.29, 1.82) is 0 Å². The van der Waals surface area contributed by atoms with Gasteiger partial charge in [-0.2, -0.15) is 5.10 Å². The van der Waals surface area contributed by atoms with Crippen LogP contribution in [-0.2, 0) is 11.3 Å². The monoisotopic (exact) mass is 403 g/mol. The Labute approximate surface area is 165 Å². The fourth-order valence-electron chi connectivity index (χ4n) is 2.47. The summed E-state index contributed by atoms with van der Waals surface area (Å²) in [4.78, 5) is 24.4. The van der Waals surface area contributed by atoms with Crippen molar-refractivity contribution in [3.8, 4) is 17.0 Å². The largest absolute Gasteiger partial charge is 0.496 e. The zero-order valence-electron chi connectivity index (χ0n) is 14.3. The number of amides is 1. The number of aromatic nitrogens is 2. The number of nitrogens with one attached hydrogen (secondary N) is 1. The maximum atomic E-state index is 12.3. The molecule has 1 amide bonds. The van der Waals surface area contributed by atoms with Gasteiger partial charge in [0.2, 0.25) is 5.91 Å². The minimum atomic E-state index is -0.417. The van der Waals surface area contributed by atoms with Gasteiger partial charge in [-0.1, -0.05) is 35.3 Å². The molecule has 0 spiro atoms. The topological polar surface area (TPSA) is 73.2 Å². The van der Waals surface area contributed by atoms with Crippen LogP contribution in [0.1, 0.15) is 0 Å². The molecule has 0 aliphatic carbocycles. The summed E-state index contributed by atoms with van der Waals surface area (Å²) in [7, 11) is 1.56. The molecule has 0 atom stereocenters. The number of methoxy groups -OCH3 is 1. The average molecular weight is 404 g/mol. The van der Waals surface area contributed by atoms with Crippen molar-refractivity contribution in [2.24, 2.45) is 0 Å². The second-order valence-corrected chi connectivity index (χ2v) is 6.41. The van der Waals surface area contributed by atoms with Crippen molar-refractivity contribution in [3.63, 3.8) is 0 Å². The maximum Gasteiger partial charge on any atom is 0.267 e. The van der Waals surface area contributed by atoms with Gasteiger partial charge in [-0.25, -0.2) is 4.68 Å². The van der Waals surface area contributed by atoms with Crippen LogP contribution in [0.5, 0.6) is 5.75 Å². The molecule has 0 bridgehead atoms. The summed E-state index contributed by atoms with van der Waals surface area (Å²) < 4.78 is 6.41. The van der Waals surface area contributed by atoms with E-state index in [0.29, 0.717) is 27.2 Å². The third-order valence-corrected chi connectivity index (χ3v) is 4.49. The summed E-state index contributed by atoms with van der Waals surface area (Å²) in [5, 5.41) is 7.65. The zero-order chi connectivity index (χ0) is 19.4. The van der Waals surface area contributed by atoms with Crippen molar-refractivity contribution >= 4 is 34.8 Å². The molecule has 3 rings (SSSR count). The number of hydrogen-bond donors (Lipinski definition) is 1. The van der Waals surface area contributed by atoms with Gasteiger partial charge in [0.1, 0.15) is 12.3 Å². The first-order valence-electron chi connectivity index (χ1n) is 7.94. The second-order valence-electron chi connectivity index (χ2n) is 5.59. The van der Waals surface area contributed by atoms with Gasteiger partial charge in [-0.3, -0.25) is 9.59 Å². The van der Waals surface area contributed by atoms with E-state index < -0.39 is 11.5 Å². The highest BCUT2D eigenvalue weighted by Gasteiger charge is 2.11. The van der Waals surface area contributed by atoms with Crippen LogP contribution in [0.25, 0.3) is 11.3 Å². The van der Waals surface area contributed by atoms with Gasteiger partial charge in [0.15, 0.2) is 0 Å². The SMILES string of the molecule is COc1ccccc1-c1ccc(=O)n(CC(=O)Nc2ccc(Cl)c(Cl)c2)n1. The number of halogens is 2. The standard InChI is InChI=1S/C19H15Cl2N3O3/c1-27-17-5-3-2-4-13(17)16-8-9-19(26)24(23-16)11-18(25)22-12-6-7-14(20)15(21)10-12/h2-10H,11H2,1H3,(H,22,25). The zero-order valence-corrected chi connectivity index (χ0v) is 15.8. The molecule has 0 aliphatic heterocycles. The second kappa shape index (κ2) is 8.24. The lowest BCUT2D eigenvalue weighted by molar-refractivity contribution is -0.117. The highest BCUT2D eigenvalue weighted by Crippen LogP contribution is 2.27. The van der Waals surface area contributed by atoms with Crippen LogP contribution >= 0.6 is 23.2 Å². The first-order valence-corrected chi connectivity index (χ1v) is 8.70. The van der Waals surface area contributed by atoms with Crippen LogP contribution in [0, 0.1) is 0 Å². The third kappa shape index (κ3) is 4.48. The van der Waals surface area contributed by atoms with Gasteiger partial charge in [0.25, 0.3) is 5.56 Å². The molecule has 8 heteroatoms. The molecule has 6 nitrogen and oxygen atoms in total. The molecule has 0 fully saturated rings. The van der Waals surface area contributed by atoms with E-state index in [1.807, 2.05) is 18.2 Å². The van der Waals surface area contributed by atoms with Crippen LogP contribution in [0.4, 0.5) is 5.69 Å². The molecule has 1 heterocycles. The number of hydrogen-bond acceptors (Lipinski definition) is 4. The minimum Gasteiger partial charge on any atom is -0.496 e. The van der Waals surface area contributed by atoms with Crippen molar-refractivity contribution in [2.75, 3.05) is 12.4 Å². The Hall–Kier alpha value is -2.83. The van der Waals surface area contributed by atoms with Crippen LogP contribution < -0.4 is 15.6 Å². The summed E-state index contributed by atoms with van der Waals surface area (Å²) in [5.74, 6) is 0.204. The fourth-order valence-corrected chi connectivity index (χ4v) is 2.77. The molecule has 138 valence electrons. The quantitative estimate of drug-likeness (QED) is 0.701. The number of carbonyl (C=O) groups excluding carboxylic acids is 1. The normalized spacial score (nSPS) is 10.5. The smallest absolute Gasteiger partial charge is 0.267 e. The highest BCUT2D eigenvalue weighted by atomic mass is 35.5. The van der Waals surface area contributed by atoms with Gasteiger partial charge in [0.05, 0.1) is 22.8 Å². The third-order valence-electron chi connectivity index (χ3n) is 3.75. The number of ether oxygens (including phenoxy) is 1. The Morgan fingerprint density at radius 3 is 2.63 bits per heavy atom. The summed E-state index contributed by atoms with van der Waals surface area (Å²) in [6.45, 7) is -0.248. The summed E-state index contributed by atoms with van der Waals surface area (Å²) >= 11 is 11.8. The van der Waals surface area contributed by atoms with Gasteiger partial charge >= 0.3 is 0 Å². The lowest BCUT2D eigenvalue weighted by Crippen LogP contribution is -2.29. The van der Waals surface area contributed by atoms with Crippen molar-refractivity contribution in [2.45, 2.75) is 6.54 Å². The maximum absolute atomic E-state index is 12.3. The molecule has 0 saturated carbocycles. The first kappa shape index (κ1) is 18.9. The predicted octanol–water partition coefficient (Wildman–Crippen LogP) is 3.86.